The molecule has 0 saturated heterocycles. The smallest absolute Gasteiger partial charge is 0.119 e. The highest BCUT2D eigenvalue weighted by molar-refractivity contribution is 9.09. The van der Waals surface area contributed by atoms with E-state index in [4.69, 9.17) is 20.1 Å². The van der Waals surface area contributed by atoms with Crippen LogP contribution < -0.4 is 4.74 Å². The third-order valence-electron chi connectivity index (χ3n) is 3.01. The lowest BCUT2D eigenvalue weighted by molar-refractivity contribution is 0.299. The summed E-state index contributed by atoms with van der Waals surface area (Å²) in [4.78, 5) is 0. The van der Waals surface area contributed by atoms with Gasteiger partial charge < -0.3 is 20.1 Å². The minimum Gasteiger partial charge on any atom is -0.508 e. The van der Waals surface area contributed by atoms with Crippen molar-refractivity contribution in [3.05, 3.63) is 59.7 Å². The molecule has 0 spiro atoms. The highest BCUT2D eigenvalue weighted by Gasteiger charge is 1.94. The van der Waals surface area contributed by atoms with E-state index < -0.39 is 0 Å². The Bertz CT molecular complexity index is 526. The first-order valence-electron chi connectivity index (χ1n) is 7.47. The Hall–Kier alpha value is -1.56. The van der Waals surface area contributed by atoms with E-state index in [0.29, 0.717) is 19.4 Å². The van der Waals surface area contributed by atoms with Gasteiger partial charge in [-0.1, -0.05) is 40.2 Å². The van der Waals surface area contributed by atoms with Crippen molar-refractivity contribution in [1.82, 2.24) is 0 Å². The van der Waals surface area contributed by atoms with Crippen molar-refractivity contribution in [2.75, 3.05) is 25.2 Å². The zero-order valence-electron chi connectivity index (χ0n) is 13.0. The Morgan fingerprint density at radius 2 is 1.26 bits per heavy atom. The van der Waals surface area contributed by atoms with E-state index >= 15 is 0 Å². The highest BCUT2D eigenvalue weighted by atomic mass is 79.9. The van der Waals surface area contributed by atoms with Gasteiger partial charge in [-0.2, -0.15) is 0 Å². The second kappa shape index (κ2) is 11.9. The summed E-state index contributed by atoms with van der Waals surface area (Å²) < 4.78 is 5.38. The molecular formula is C18H23BrO4. The molecule has 23 heavy (non-hydrogen) atoms. The van der Waals surface area contributed by atoms with Crippen molar-refractivity contribution < 1.29 is 20.1 Å². The van der Waals surface area contributed by atoms with Crippen molar-refractivity contribution in [3.63, 3.8) is 0 Å². The number of benzene rings is 2. The number of hydrogen-bond acceptors (Lipinski definition) is 4. The zero-order valence-corrected chi connectivity index (χ0v) is 14.6. The van der Waals surface area contributed by atoms with Crippen LogP contribution in [0, 0.1) is 0 Å². The van der Waals surface area contributed by atoms with Gasteiger partial charge in [0.2, 0.25) is 0 Å². The predicted molar refractivity (Wildman–Crippen MR) is 95.4 cm³/mol. The number of aliphatic hydroxyl groups is 2. The molecule has 0 atom stereocenters. The zero-order chi connectivity index (χ0) is 16.9. The molecule has 2 rings (SSSR count). The summed E-state index contributed by atoms with van der Waals surface area (Å²) in [6.45, 7) is 1.03. The molecule has 126 valence electrons. The van der Waals surface area contributed by atoms with Gasteiger partial charge in [0, 0.05) is 18.5 Å². The molecule has 0 radical (unpaired) electrons. The fraction of sp³-hybridized carbons (Fsp3) is 0.333. The highest BCUT2D eigenvalue weighted by Crippen LogP contribution is 2.12. The van der Waals surface area contributed by atoms with Crippen LogP contribution in [0.3, 0.4) is 0 Å². The van der Waals surface area contributed by atoms with Crippen LogP contribution in [0.5, 0.6) is 11.5 Å². The number of halogens is 1. The fourth-order valence-electron chi connectivity index (χ4n) is 1.83. The van der Waals surface area contributed by atoms with Crippen LogP contribution in [0.25, 0.3) is 0 Å². The molecule has 2 aromatic carbocycles. The molecule has 0 bridgehead atoms. The van der Waals surface area contributed by atoms with Crippen molar-refractivity contribution in [1.29, 1.82) is 0 Å². The van der Waals surface area contributed by atoms with Crippen molar-refractivity contribution >= 4 is 15.9 Å². The number of phenols is 1. The molecule has 2 aromatic rings. The van der Waals surface area contributed by atoms with Crippen LogP contribution >= 0.6 is 15.9 Å². The summed E-state index contributed by atoms with van der Waals surface area (Å²) in [5.41, 5.74) is 2.17. The number of phenolic OH excluding ortho intramolecular Hbond substituents is 1. The lowest BCUT2D eigenvalue weighted by Gasteiger charge is -2.04. The fourth-order valence-corrected chi connectivity index (χ4v) is 1.99. The number of rotatable bonds is 7. The molecule has 0 fully saturated rings. The second-order valence-corrected chi connectivity index (χ2v) is 5.59. The largest absolute Gasteiger partial charge is 0.508 e. The number of aliphatic hydroxyl groups excluding tert-OH is 2. The quantitative estimate of drug-likeness (QED) is 0.643. The van der Waals surface area contributed by atoms with Gasteiger partial charge >= 0.3 is 0 Å². The van der Waals surface area contributed by atoms with Gasteiger partial charge in [0.25, 0.3) is 0 Å². The summed E-state index contributed by atoms with van der Waals surface area (Å²) >= 11 is 3.29. The predicted octanol–water partition coefficient (Wildman–Crippen LogP) is 2.92. The number of ether oxygens (including phenoxy) is 1. The SMILES string of the molecule is OCCc1ccc(O)cc1.OCCc1ccc(OCCBr)cc1. The lowest BCUT2D eigenvalue weighted by atomic mass is 10.1. The third kappa shape index (κ3) is 8.59. The minimum absolute atomic E-state index is 0.158. The summed E-state index contributed by atoms with van der Waals surface area (Å²) in [6, 6.07) is 14.6. The molecule has 0 unspecified atom stereocenters. The lowest BCUT2D eigenvalue weighted by Crippen LogP contribution is -1.98. The first kappa shape index (κ1) is 19.5. The standard InChI is InChI=1S/C10H13BrO2.C8H10O2/c11-6-8-13-10-3-1-9(2-4-10)5-7-12;9-6-5-7-1-3-8(10)4-2-7/h1-4,12H,5-8H2;1-4,9-10H,5-6H2. The second-order valence-electron chi connectivity index (χ2n) is 4.80. The Balaban J connectivity index is 0.000000238. The van der Waals surface area contributed by atoms with Gasteiger partial charge in [-0.15, -0.1) is 0 Å². The normalized spacial score (nSPS) is 9.87. The van der Waals surface area contributed by atoms with Crippen LogP contribution in [0.4, 0.5) is 0 Å². The van der Waals surface area contributed by atoms with Crippen LogP contribution in [0.1, 0.15) is 11.1 Å². The number of hydrogen-bond donors (Lipinski definition) is 3. The minimum atomic E-state index is 0.158. The van der Waals surface area contributed by atoms with Crippen molar-refractivity contribution in [2.24, 2.45) is 0 Å². The average molecular weight is 383 g/mol. The van der Waals surface area contributed by atoms with Crippen LogP contribution in [-0.2, 0) is 12.8 Å². The number of aromatic hydroxyl groups is 1. The van der Waals surface area contributed by atoms with Crippen molar-refractivity contribution in [2.45, 2.75) is 12.8 Å². The summed E-state index contributed by atoms with van der Waals surface area (Å²) in [7, 11) is 0. The Morgan fingerprint density at radius 3 is 1.70 bits per heavy atom. The van der Waals surface area contributed by atoms with Crippen LogP contribution in [0.2, 0.25) is 0 Å². The van der Waals surface area contributed by atoms with Crippen molar-refractivity contribution in [3.8, 4) is 11.5 Å². The Morgan fingerprint density at radius 1 is 0.783 bits per heavy atom. The molecule has 0 aliphatic carbocycles. The average Bonchev–Trinajstić information content (AvgIpc) is 2.57. The summed E-state index contributed by atoms with van der Waals surface area (Å²) in [5, 5.41) is 26.9. The van der Waals surface area contributed by atoms with Gasteiger partial charge in [-0.3, -0.25) is 0 Å². The number of alkyl halides is 1. The van der Waals surface area contributed by atoms with Gasteiger partial charge in [0.05, 0.1) is 6.61 Å². The molecule has 0 amide bonds. The molecule has 5 heteroatoms. The maximum Gasteiger partial charge on any atom is 0.119 e. The van der Waals surface area contributed by atoms with E-state index in [1.807, 2.05) is 24.3 Å². The summed E-state index contributed by atoms with van der Waals surface area (Å²) in [6.07, 6.45) is 1.36. The van der Waals surface area contributed by atoms with Crippen LogP contribution in [-0.4, -0.2) is 40.5 Å². The molecule has 3 N–H and O–H groups in total. The van der Waals surface area contributed by atoms with E-state index in [0.717, 1.165) is 22.2 Å². The van der Waals surface area contributed by atoms with Crippen LogP contribution in [0.15, 0.2) is 48.5 Å². The first-order valence-corrected chi connectivity index (χ1v) is 8.59. The Kier molecular flexibility index (Phi) is 10.1. The van der Waals surface area contributed by atoms with Gasteiger partial charge in [-0.25, -0.2) is 0 Å². The molecule has 4 nitrogen and oxygen atoms in total. The van der Waals surface area contributed by atoms with Gasteiger partial charge in [0.1, 0.15) is 11.5 Å². The van der Waals surface area contributed by atoms with E-state index in [2.05, 4.69) is 15.9 Å². The maximum absolute atomic E-state index is 8.86. The molecule has 0 heterocycles. The topological polar surface area (TPSA) is 69.9 Å². The van der Waals surface area contributed by atoms with E-state index in [1.54, 1.807) is 24.3 Å². The molecule has 0 aromatic heterocycles. The molecule has 0 aliphatic rings. The Labute approximate surface area is 145 Å². The van der Waals surface area contributed by atoms with E-state index in [9.17, 15) is 0 Å². The monoisotopic (exact) mass is 382 g/mol. The van der Waals surface area contributed by atoms with Gasteiger partial charge in [-0.05, 0) is 48.2 Å². The third-order valence-corrected chi connectivity index (χ3v) is 3.33. The molecule has 0 aliphatic heterocycles. The van der Waals surface area contributed by atoms with E-state index in [-0.39, 0.29) is 19.0 Å². The molecular weight excluding hydrogens is 360 g/mol. The first-order chi connectivity index (χ1) is 11.2. The molecule has 0 saturated carbocycles. The van der Waals surface area contributed by atoms with E-state index in [1.165, 1.54) is 0 Å². The van der Waals surface area contributed by atoms with Gasteiger partial charge in [0.15, 0.2) is 0 Å². The maximum atomic E-state index is 8.86. The summed E-state index contributed by atoms with van der Waals surface area (Å²) in [5.74, 6) is 1.14.